The molecule has 2 N–H and O–H groups in total. The number of aliphatic hydroxyl groups is 1. The van der Waals surface area contributed by atoms with Gasteiger partial charge in [0.1, 0.15) is 0 Å². The van der Waals surface area contributed by atoms with Crippen LogP contribution in [0.4, 0.5) is 0 Å². The molecule has 0 aromatic heterocycles. The van der Waals surface area contributed by atoms with Crippen molar-refractivity contribution < 1.29 is 9.90 Å². The Bertz CT molecular complexity index is 602. The maximum Gasteiger partial charge on any atom is 0.251 e. The van der Waals surface area contributed by atoms with Gasteiger partial charge in [0.2, 0.25) is 0 Å². The van der Waals surface area contributed by atoms with Crippen molar-refractivity contribution in [2.24, 2.45) is 0 Å². The standard InChI is InChI=1S/C15H13NO2/c17-9-10-4-6-11(7-5-10)12-2-1-3-13-14(12)8-16-15(13)18/h1-7,17H,8-9H2,(H,16,18). The van der Waals surface area contributed by atoms with Gasteiger partial charge in [-0.3, -0.25) is 4.79 Å². The van der Waals surface area contributed by atoms with Crippen LogP contribution < -0.4 is 5.32 Å². The molecule has 0 radical (unpaired) electrons. The molecule has 3 rings (SSSR count). The molecule has 0 fully saturated rings. The summed E-state index contributed by atoms with van der Waals surface area (Å²) in [6, 6.07) is 13.5. The number of carbonyl (C=O) groups excluding carboxylic acids is 1. The number of carbonyl (C=O) groups is 1. The molecule has 1 aliphatic rings. The van der Waals surface area contributed by atoms with Crippen molar-refractivity contribution in [3.05, 3.63) is 59.2 Å². The minimum Gasteiger partial charge on any atom is -0.392 e. The zero-order valence-electron chi connectivity index (χ0n) is 9.81. The first-order valence-corrected chi connectivity index (χ1v) is 5.90. The second-order valence-electron chi connectivity index (χ2n) is 4.37. The maximum absolute atomic E-state index is 11.6. The Labute approximate surface area is 105 Å². The number of fused-ring (bicyclic) bond motifs is 1. The first kappa shape index (κ1) is 11.0. The molecule has 0 bridgehead atoms. The van der Waals surface area contributed by atoms with Crippen LogP contribution >= 0.6 is 0 Å². The van der Waals surface area contributed by atoms with Gasteiger partial charge in [0.05, 0.1) is 6.61 Å². The topological polar surface area (TPSA) is 49.3 Å². The van der Waals surface area contributed by atoms with Crippen molar-refractivity contribution in [1.29, 1.82) is 0 Å². The molecular weight excluding hydrogens is 226 g/mol. The van der Waals surface area contributed by atoms with Gasteiger partial charge >= 0.3 is 0 Å². The van der Waals surface area contributed by atoms with E-state index in [2.05, 4.69) is 5.32 Å². The first-order valence-electron chi connectivity index (χ1n) is 5.90. The molecule has 0 atom stereocenters. The summed E-state index contributed by atoms with van der Waals surface area (Å²) in [5, 5.41) is 11.9. The third-order valence-electron chi connectivity index (χ3n) is 3.29. The zero-order chi connectivity index (χ0) is 12.5. The quantitative estimate of drug-likeness (QED) is 0.843. The van der Waals surface area contributed by atoms with E-state index in [1.54, 1.807) is 0 Å². The number of hydrogen-bond donors (Lipinski definition) is 2. The Morgan fingerprint density at radius 1 is 1.06 bits per heavy atom. The van der Waals surface area contributed by atoms with Crippen molar-refractivity contribution in [3.63, 3.8) is 0 Å². The van der Waals surface area contributed by atoms with Crippen LogP contribution in [0, 0.1) is 0 Å². The number of nitrogens with one attached hydrogen (secondary N) is 1. The second kappa shape index (κ2) is 4.27. The number of benzene rings is 2. The summed E-state index contributed by atoms with van der Waals surface area (Å²) in [6.45, 7) is 0.638. The van der Waals surface area contributed by atoms with E-state index in [9.17, 15) is 4.79 Å². The molecular formula is C15H13NO2. The zero-order valence-corrected chi connectivity index (χ0v) is 9.81. The minimum atomic E-state index is -0.00108. The summed E-state index contributed by atoms with van der Waals surface area (Å²) in [5.41, 5.74) is 4.86. The van der Waals surface area contributed by atoms with Crippen molar-refractivity contribution in [2.45, 2.75) is 13.2 Å². The minimum absolute atomic E-state index is 0.00108. The lowest BCUT2D eigenvalue weighted by molar-refractivity contribution is 0.0966. The van der Waals surface area contributed by atoms with Gasteiger partial charge in [-0.25, -0.2) is 0 Å². The van der Waals surface area contributed by atoms with E-state index < -0.39 is 0 Å². The van der Waals surface area contributed by atoms with E-state index in [0.717, 1.165) is 27.8 Å². The van der Waals surface area contributed by atoms with Crippen LogP contribution in [0.15, 0.2) is 42.5 Å². The lowest BCUT2D eigenvalue weighted by atomic mass is 9.96. The van der Waals surface area contributed by atoms with Crippen LogP contribution in [0.5, 0.6) is 0 Å². The Morgan fingerprint density at radius 3 is 2.50 bits per heavy atom. The largest absolute Gasteiger partial charge is 0.392 e. The van der Waals surface area contributed by atoms with Gasteiger partial charge in [0.15, 0.2) is 0 Å². The van der Waals surface area contributed by atoms with E-state index in [1.165, 1.54) is 0 Å². The molecule has 90 valence electrons. The summed E-state index contributed by atoms with van der Waals surface area (Å²) in [6.07, 6.45) is 0. The fraction of sp³-hybridized carbons (Fsp3) is 0.133. The highest BCUT2D eigenvalue weighted by molar-refractivity contribution is 6.00. The highest BCUT2D eigenvalue weighted by atomic mass is 16.3. The number of aliphatic hydroxyl groups excluding tert-OH is 1. The molecule has 0 saturated carbocycles. The van der Waals surface area contributed by atoms with E-state index in [4.69, 9.17) is 5.11 Å². The summed E-state index contributed by atoms with van der Waals surface area (Å²) in [5.74, 6) is -0.00108. The summed E-state index contributed by atoms with van der Waals surface area (Å²) >= 11 is 0. The molecule has 18 heavy (non-hydrogen) atoms. The van der Waals surface area contributed by atoms with Crippen molar-refractivity contribution in [3.8, 4) is 11.1 Å². The molecule has 2 aromatic carbocycles. The Kier molecular flexibility index (Phi) is 2.61. The van der Waals surface area contributed by atoms with Gasteiger partial charge in [-0.05, 0) is 28.3 Å². The fourth-order valence-corrected chi connectivity index (χ4v) is 2.31. The highest BCUT2D eigenvalue weighted by Crippen LogP contribution is 2.29. The molecule has 1 aliphatic heterocycles. The van der Waals surface area contributed by atoms with Gasteiger partial charge in [-0.2, -0.15) is 0 Å². The average molecular weight is 239 g/mol. The maximum atomic E-state index is 11.6. The Morgan fingerprint density at radius 2 is 1.78 bits per heavy atom. The van der Waals surface area contributed by atoms with Crippen molar-refractivity contribution >= 4 is 5.91 Å². The second-order valence-corrected chi connectivity index (χ2v) is 4.37. The molecule has 3 heteroatoms. The summed E-state index contributed by atoms with van der Waals surface area (Å²) in [4.78, 5) is 11.6. The molecule has 0 saturated heterocycles. The third-order valence-corrected chi connectivity index (χ3v) is 3.29. The lowest BCUT2D eigenvalue weighted by Crippen LogP contribution is -2.12. The van der Waals surface area contributed by atoms with E-state index in [1.807, 2.05) is 42.5 Å². The molecule has 0 spiro atoms. The normalized spacial score (nSPS) is 13.3. The predicted molar refractivity (Wildman–Crippen MR) is 69.0 cm³/mol. The van der Waals surface area contributed by atoms with Crippen molar-refractivity contribution in [1.82, 2.24) is 5.32 Å². The third kappa shape index (κ3) is 1.69. The first-order chi connectivity index (χ1) is 8.79. The van der Waals surface area contributed by atoms with Crippen LogP contribution in [-0.4, -0.2) is 11.0 Å². The van der Waals surface area contributed by atoms with Gasteiger partial charge < -0.3 is 10.4 Å². The molecule has 0 unspecified atom stereocenters. The van der Waals surface area contributed by atoms with E-state index in [0.29, 0.717) is 6.54 Å². The van der Waals surface area contributed by atoms with Crippen LogP contribution in [0.1, 0.15) is 21.5 Å². The molecule has 1 heterocycles. The molecule has 2 aromatic rings. The molecule has 0 aliphatic carbocycles. The number of rotatable bonds is 2. The van der Waals surface area contributed by atoms with Crippen molar-refractivity contribution in [2.75, 3.05) is 0 Å². The Hall–Kier alpha value is -2.13. The summed E-state index contributed by atoms with van der Waals surface area (Å²) < 4.78 is 0. The average Bonchev–Trinajstić information content (AvgIpc) is 2.81. The summed E-state index contributed by atoms with van der Waals surface area (Å²) in [7, 11) is 0. The monoisotopic (exact) mass is 239 g/mol. The fourth-order valence-electron chi connectivity index (χ4n) is 2.31. The van der Waals surface area contributed by atoms with Gasteiger partial charge in [0, 0.05) is 12.1 Å². The number of amides is 1. The van der Waals surface area contributed by atoms with E-state index >= 15 is 0 Å². The van der Waals surface area contributed by atoms with Crippen LogP contribution in [0.3, 0.4) is 0 Å². The lowest BCUT2D eigenvalue weighted by Gasteiger charge is -2.07. The molecule has 1 amide bonds. The Balaban J connectivity index is 2.09. The van der Waals surface area contributed by atoms with Gasteiger partial charge in [-0.15, -0.1) is 0 Å². The smallest absolute Gasteiger partial charge is 0.251 e. The van der Waals surface area contributed by atoms with Crippen LogP contribution in [0.2, 0.25) is 0 Å². The SMILES string of the molecule is O=C1NCc2c1cccc2-c1ccc(CO)cc1. The molecule has 3 nitrogen and oxygen atoms in total. The van der Waals surface area contributed by atoms with Crippen LogP contribution in [-0.2, 0) is 13.2 Å². The van der Waals surface area contributed by atoms with Gasteiger partial charge in [-0.1, -0.05) is 36.4 Å². The van der Waals surface area contributed by atoms with Gasteiger partial charge in [0.25, 0.3) is 5.91 Å². The predicted octanol–water partition coefficient (Wildman–Crippen LogP) is 2.09. The van der Waals surface area contributed by atoms with E-state index in [-0.39, 0.29) is 12.5 Å². The highest BCUT2D eigenvalue weighted by Gasteiger charge is 2.21. The van der Waals surface area contributed by atoms with Crippen LogP contribution in [0.25, 0.3) is 11.1 Å². The number of hydrogen-bond acceptors (Lipinski definition) is 2.